The number of hydrogen-bond acceptors (Lipinski definition) is 5. The Hall–Kier alpha value is -3.36. The third-order valence-corrected chi connectivity index (χ3v) is 5.02. The Morgan fingerprint density at radius 2 is 1.75 bits per heavy atom. The first-order valence-electron chi connectivity index (χ1n) is 9.00. The van der Waals surface area contributed by atoms with E-state index >= 15 is 0 Å². The fraction of sp³-hybridized carbons (Fsp3) is 0.368. The predicted octanol–water partition coefficient (Wildman–Crippen LogP) is 0.783. The summed E-state index contributed by atoms with van der Waals surface area (Å²) < 4.78 is 0.319. The van der Waals surface area contributed by atoms with Crippen molar-refractivity contribution < 1.29 is 19.8 Å². The molecule has 0 bridgehead atoms. The van der Waals surface area contributed by atoms with Gasteiger partial charge in [0.15, 0.2) is 5.69 Å². The van der Waals surface area contributed by atoms with Gasteiger partial charge in [0.25, 0.3) is 11.5 Å². The van der Waals surface area contributed by atoms with E-state index in [1.54, 1.807) is 0 Å². The molecule has 1 saturated carbocycles. The number of hydrogen-bond donors (Lipinski definition) is 4. The van der Waals surface area contributed by atoms with Crippen LogP contribution in [0.1, 0.15) is 47.7 Å². The number of benzene rings is 1. The second-order valence-electron chi connectivity index (χ2n) is 6.87. The highest BCUT2D eigenvalue weighted by Crippen LogP contribution is 2.32. The van der Waals surface area contributed by atoms with Crippen LogP contribution in [0.15, 0.2) is 39.9 Å². The van der Waals surface area contributed by atoms with Crippen LogP contribution in [0, 0.1) is 0 Å². The number of nitrogens with zero attached hydrogens (tertiary/aromatic N) is 1. The minimum atomic E-state index is -1.42. The van der Waals surface area contributed by atoms with Crippen molar-refractivity contribution >= 4 is 11.9 Å². The molecule has 1 aliphatic rings. The van der Waals surface area contributed by atoms with Gasteiger partial charge in [-0.05, 0) is 37.2 Å². The number of aromatic nitrogens is 2. The molecule has 1 fully saturated rings. The van der Waals surface area contributed by atoms with Gasteiger partial charge in [0.2, 0.25) is 5.75 Å². The van der Waals surface area contributed by atoms with Gasteiger partial charge in [0, 0.05) is 6.04 Å². The summed E-state index contributed by atoms with van der Waals surface area (Å²) >= 11 is 0. The molecular formula is C19H21N3O6. The third kappa shape index (κ3) is 4.13. The molecular weight excluding hydrogens is 366 g/mol. The number of carboxylic acid groups (broad SMARTS) is 1. The first kappa shape index (κ1) is 19.4. The Labute approximate surface area is 159 Å². The maximum Gasteiger partial charge on any atom is 0.329 e. The topological polar surface area (TPSA) is 141 Å². The minimum absolute atomic E-state index is 0.142. The number of carboxylic acids is 1. The third-order valence-electron chi connectivity index (χ3n) is 5.02. The predicted molar refractivity (Wildman–Crippen MR) is 99.5 cm³/mol. The molecule has 2 aromatic rings. The largest absolute Gasteiger partial charge is 0.501 e. The molecule has 0 aliphatic heterocycles. The molecule has 1 amide bonds. The first-order valence-corrected chi connectivity index (χ1v) is 9.00. The van der Waals surface area contributed by atoms with Gasteiger partial charge in [-0.15, -0.1) is 0 Å². The Balaban J connectivity index is 1.68. The molecule has 1 aromatic carbocycles. The van der Waals surface area contributed by atoms with Gasteiger partial charge in [-0.1, -0.05) is 30.3 Å². The molecule has 0 radical (unpaired) electrons. The lowest BCUT2D eigenvalue weighted by molar-refractivity contribution is -0.137. The van der Waals surface area contributed by atoms with Gasteiger partial charge in [-0.3, -0.25) is 19.4 Å². The van der Waals surface area contributed by atoms with Gasteiger partial charge < -0.3 is 15.5 Å². The monoisotopic (exact) mass is 387 g/mol. The van der Waals surface area contributed by atoms with Crippen molar-refractivity contribution in [3.8, 4) is 5.75 Å². The van der Waals surface area contributed by atoms with Gasteiger partial charge in [0.05, 0.1) is 0 Å². The molecule has 0 spiro atoms. The summed E-state index contributed by atoms with van der Waals surface area (Å²) in [5.74, 6) is -2.74. The van der Waals surface area contributed by atoms with E-state index in [-0.39, 0.29) is 6.04 Å². The number of aromatic hydroxyl groups is 1. The Morgan fingerprint density at radius 3 is 2.36 bits per heavy atom. The summed E-state index contributed by atoms with van der Waals surface area (Å²) in [4.78, 5) is 49.1. The van der Waals surface area contributed by atoms with E-state index in [9.17, 15) is 24.3 Å². The van der Waals surface area contributed by atoms with Gasteiger partial charge >= 0.3 is 11.7 Å². The van der Waals surface area contributed by atoms with Crippen LogP contribution in [0.25, 0.3) is 0 Å². The molecule has 9 heteroatoms. The zero-order valence-electron chi connectivity index (χ0n) is 15.1. The number of aromatic amines is 1. The molecule has 1 heterocycles. The van der Waals surface area contributed by atoms with Crippen molar-refractivity contribution in [2.24, 2.45) is 0 Å². The van der Waals surface area contributed by atoms with Crippen molar-refractivity contribution in [1.82, 2.24) is 14.9 Å². The van der Waals surface area contributed by atoms with Crippen molar-refractivity contribution in [1.29, 1.82) is 0 Å². The van der Waals surface area contributed by atoms with E-state index in [1.165, 1.54) is 5.56 Å². The van der Waals surface area contributed by atoms with Crippen LogP contribution in [0.3, 0.4) is 0 Å². The molecule has 0 unspecified atom stereocenters. The summed E-state index contributed by atoms with van der Waals surface area (Å²) in [7, 11) is 0. The molecule has 0 saturated heterocycles. The van der Waals surface area contributed by atoms with Crippen LogP contribution in [0.2, 0.25) is 0 Å². The van der Waals surface area contributed by atoms with E-state index in [2.05, 4.69) is 22.4 Å². The van der Waals surface area contributed by atoms with Crippen LogP contribution in [0.4, 0.5) is 0 Å². The number of rotatable bonds is 5. The van der Waals surface area contributed by atoms with E-state index in [0.717, 1.165) is 25.7 Å². The average molecular weight is 387 g/mol. The van der Waals surface area contributed by atoms with Crippen LogP contribution < -0.4 is 16.6 Å². The quantitative estimate of drug-likeness (QED) is 0.597. The number of carbonyl (C=O) groups excluding carboxylic acids is 1. The lowest BCUT2D eigenvalue weighted by atomic mass is 9.82. The molecule has 0 atom stereocenters. The van der Waals surface area contributed by atoms with Crippen LogP contribution in [-0.4, -0.2) is 37.7 Å². The maximum absolute atomic E-state index is 12.4. The molecule has 3 rings (SSSR count). The fourth-order valence-electron chi connectivity index (χ4n) is 3.56. The van der Waals surface area contributed by atoms with E-state index < -0.39 is 41.1 Å². The maximum atomic E-state index is 12.4. The second-order valence-corrected chi connectivity index (χ2v) is 6.87. The van der Waals surface area contributed by atoms with E-state index in [4.69, 9.17) is 5.11 Å². The fourth-order valence-corrected chi connectivity index (χ4v) is 3.56. The minimum Gasteiger partial charge on any atom is -0.501 e. The molecule has 1 aromatic heterocycles. The second kappa shape index (κ2) is 8.12. The number of nitrogens with one attached hydrogen (secondary N) is 2. The van der Waals surface area contributed by atoms with Crippen molar-refractivity contribution in [2.75, 3.05) is 0 Å². The van der Waals surface area contributed by atoms with Crippen LogP contribution >= 0.6 is 0 Å². The summed E-state index contributed by atoms with van der Waals surface area (Å²) in [6, 6.07) is 9.98. The van der Waals surface area contributed by atoms with Crippen molar-refractivity contribution in [2.45, 2.75) is 44.2 Å². The summed E-state index contributed by atoms with van der Waals surface area (Å²) in [6.07, 6.45) is 3.23. The zero-order valence-corrected chi connectivity index (χ0v) is 15.1. The summed E-state index contributed by atoms with van der Waals surface area (Å²) in [6.45, 7) is -0.910. The van der Waals surface area contributed by atoms with Crippen molar-refractivity contribution in [3.63, 3.8) is 0 Å². The molecule has 4 N–H and O–H groups in total. The van der Waals surface area contributed by atoms with Gasteiger partial charge in [-0.25, -0.2) is 9.36 Å². The van der Waals surface area contributed by atoms with E-state index in [0.29, 0.717) is 10.5 Å². The van der Waals surface area contributed by atoms with Crippen LogP contribution in [-0.2, 0) is 11.3 Å². The number of aliphatic carboxylic acids is 1. The Bertz CT molecular complexity index is 987. The van der Waals surface area contributed by atoms with Gasteiger partial charge in [0.1, 0.15) is 6.54 Å². The number of H-pyrrole nitrogens is 1. The first-order chi connectivity index (χ1) is 13.4. The summed E-state index contributed by atoms with van der Waals surface area (Å²) in [5, 5.41) is 21.4. The number of carbonyl (C=O) groups is 2. The Kier molecular flexibility index (Phi) is 5.62. The lowest BCUT2D eigenvalue weighted by Crippen LogP contribution is -2.42. The highest BCUT2D eigenvalue weighted by atomic mass is 16.4. The zero-order chi connectivity index (χ0) is 20.3. The normalized spacial score (nSPS) is 19.1. The summed E-state index contributed by atoms with van der Waals surface area (Å²) in [5.41, 5.74) is -1.58. The van der Waals surface area contributed by atoms with Crippen LogP contribution in [0.5, 0.6) is 5.75 Å². The SMILES string of the molecule is O=C(O)Cn1c(=O)[nH]c(C(=O)NC2CCC(c3ccccc3)CC2)c(O)c1=O. The smallest absolute Gasteiger partial charge is 0.329 e. The standard InChI is InChI=1S/C19H21N3O6/c23-14(24)10-22-18(27)16(25)15(21-19(22)28)17(26)20-13-8-6-12(7-9-13)11-4-2-1-3-5-11/h1-5,12-13,25H,6-10H2,(H,20,26)(H,21,28)(H,23,24). The molecule has 9 nitrogen and oxygen atoms in total. The average Bonchev–Trinajstić information content (AvgIpc) is 2.69. The molecule has 148 valence electrons. The van der Waals surface area contributed by atoms with E-state index in [1.807, 2.05) is 18.2 Å². The highest BCUT2D eigenvalue weighted by molar-refractivity contribution is 5.94. The number of amides is 1. The lowest BCUT2D eigenvalue weighted by Gasteiger charge is -2.29. The molecule has 1 aliphatic carbocycles. The molecule has 28 heavy (non-hydrogen) atoms. The van der Waals surface area contributed by atoms with Crippen molar-refractivity contribution in [3.05, 3.63) is 62.4 Å². The highest BCUT2D eigenvalue weighted by Gasteiger charge is 2.26. The van der Waals surface area contributed by atoms with Gasteiger partial charge in [-0.2, -0.15) is 0 Å². The Morgan fingerprint density at radius 1 is 1.11 bits per heavy atom.